The maximum absolute atomic E-state index is 8.35. The van der Waals surface area contributed by atoms with Gasteiger partial charge in [-0.2, -0.15) is 0 Å². The van der Waals surface area contributed by atoms with Gasteiger partial charge in [0.25, 0.3) is 0 Å². The average molecular weight is 213 g/mol. The molecule has 4 heteroatoms. The maximum Gasteiger partial charge on any atom is 0.139 e. The third-order valence-electron chi connectivity index (χ3n) is 3.28. The van der Waals surface area contributed by atoms with Crippen molar-refractivity contribution in [2.24, 2.45) is 16.3 Å². The van der Waals surface area contributed by atoms with Gasteiger partial charge in [0.15, 0.2) is 0 Å². The highest BCUT2D eigenvalue weighted by Crippen LogP contribution is 2.36. The monoisotopic (exact) mass is 213 g/mol. The lowest BCUT2D eigenvalue weighted by Crippen LogP contribution is -2.30. The van der Waals surface area contributed by atoms with Crippen LogP contribution in [0.3, 0.4) is 0 Å². The Bertz CT molecular complexity index is 210. The molecule has 0 amide bonds. The van der Waals surface area contributed by atoms with Crippen LogP contribution in [0.25, 0.3) is 0 Å². The molecule has 0 aliphatic heterocycles. The molecule has 0 radical (unpaired) electrons. The number of nitrogens with one attached hydrogen (secondary N) is 1. The summed E-state index contributed by atoms with van der Waals surface area (Å²) in [5, 5.41) is 14.7. The van der Waals surface area contributed by atoms with Crippen molar-refractivity contribution >= 4 is 5.84 Å². The van der Waals surface area contributed by atoms with E-state index < -0.39 is 0 Å². The van der Waals surface area contributed by atoms with Gasteiger partial charge in [0.2, 0.25) is 0 Å². The molecule has 88 valence electrons. The second-order valence-corrected chi connectivity index (χ2v) is 4.89. The summed E-state index contributed by atoms with van der Waals surface area (Å²) in [5.41, 5.74) is 5.89. The minimum Gasteiger partial charge on any atom is -0.409 e. The molecule has 0 spiro atoms. The Morgan fingerprint density at radius 1 is 1.47 bits per heavy atom. The molecule has 1 saturated carbocycles. The zero-order chi connectivity index (χ0) is 11.1. The van der Waals surface area contributed by atoms with Gasteiger partial charge in [-0.1, -0.05) is 24.9 Å². The van der Waals surface area contributed by atoms with Gasteiger partial charge < -0.3 is 16.3 Å². The number of oxime groups is 1. The molecular weight excluding hydrogens is 190 g/mol. The number of rotatable bonds is 6. The minimum atomic E-state index is 0.323. The summed E-state index contributed by atoms with van der Waals surface area (Å²) in [7, 11) is 0. The molecule has 0 aromatic heterocycles. The molecule has 4 N–H and O–H groups in total. The predicted molar refractivity (Wildman–Crippen MR) is 62.1 cm³/mol. The van der Waals surface area contributed by atoms with E-state index >= 15 is 0 Å². The van der Waals surface area contributed by atoms with E-state index in [4.69, 9.17) is 10.9 Å². The van der Waals surface area contributed by atoms with Crippen molar-refractivity contribution in [3.63, 3.8) is 0 Å². The lowest BCUT2D eigenvalue weighted by molar-refractivity contribution is 0.312. The summed E-state index contributed by atoms with van der Waals surface area (Å²) in [4.78, 5) is 0. The molecule has 4 nitrogen and oxygen atoms in total. The van der Waals surface area contributed by atoms with Crippen LogP contribution in [0.5, 0.6) is 0 Å². The van der Waals surface area contributed by atoms with Crippen LogP contribution >= 0.6 is 0 Å². The van der Waals surface area contributed by atoms with E-state index in [2.05, 4.69) is 17.4 Å². The Kier molecular flexibility index (Phi) is 4.88. The summed E-state index contributed by atoms with van der Waals surface area (Å²) >= 11 is 0. The Balaban J connectivity index is 2.01. The second-order valence-electron chi connectivity index (χ2n) is 4.89. The van der Waals surface area contributed by atoms with Crippen molar-refractivity contribution in [1.82, 2.24) is 5.32 Å². The van der Waals surface area contributed by atoms with Gasteiger partial charge in [-0.25, -0.2) is 0 Å². The Morgan fingerprint density at radius 2 is 2.13 bits per heavy atom. The van der Waals surface area contributed by atoms with E-state index in [1.165, 1.54) is 25.7 Å². The zero-order valence-corrected chi connectivity index (χ0v) is 9.63. The highest BCUT2D eigenvalue weighted by atomic mass is 16.4. The van der Waals surface area contributed by atoms with Crippen LogP contribution in [0.15, 0.2) is 5.16 Å². The number of nitrogens with two attached hydrogens (primary N) is 1. The van der Waals surface area contributed by atoms with Crippen LogP contribution < -0.4 is 11.1 Å². The van der Waals surface area contributed by atoms with Gasteiger partial charge in [-0.05, 0) is 31.2 Å². The zero-order valence-electron chi connectivity index (χ0n) is 9.63. The van der Waals surface area contributed by atoms with Gasteiger partial charge in [0.05, 0.1) is 0 Å². The molecule has 0 aromatic carbocycles. The van der Waals surface area contributed by atoms with Gasteiger partial charge in [0.1, 0.15) is 5.84 Å². The molecule has 1 aliphatic carbocycles. The molecule has 0 atom stereocenters. The minimum absolute atomic E-state index is 0.323. The Labute approximate surface area is 91.9 Å². The number of hydrogen-bond acceptors (Lipinski definition) is 3. The van der Waals surface area contributed by atoms with Crippen LogP contribution in [-0.4, -0.2) is 24.1 Å². The molecule has 0 aromatic rings. The van der Waals surface area contributed by atoms with Gasteiger partial charge in [-0.15, -0.1) is 0 Å². The largest absolute Gasteiger partial charge is 0.409 e. The van der Waals surface area contributed by atoms with Crippen molar-refractivity contribution in [2.45, 2.75) is 45.4 Å². The standard InChI is InChI=1S/C11H23N3O/c1-11(6-2-3-7-11)9-13-8-4-5-10(12)14-15/h13,15H,2-9H2,1H3,(H2,12,14). The lowest BCUT2D eigenvalue weighted by atomic mass is 9.89. The molecule has 0 saturated heterocycles. The van der Waals surface area contributed by atoms with Crippen LogP contribution in [0.2, 0.25) is 0 Å². The predicted octanol–water partition coefficient (Wildman–Crippen LogP) is 1.68. The summed E-state index contributed by atoms with van der Waals surface area (Å²) in [6.45, 7) is 4.41. The summed E-state index contributed by atoms with van der Waals surface area (Å²) in [6.07, 6.45) is 7.05. The van der Waals surface area contributed by atoms with Crippen molar-refractivity contribution in [2.75, 3.05) is 13.1 Å². The van der Waals surface area contributed by atoms with E-state index in [9.17, 15) is 0 Å². The molecule has 0 unspecified atom stereocenters. The van der Waals surface area contributed by atoms with Crippen LogP contribution in [0.4, 0.5) is 0 Å². The van der Waals surface area contributed by atoms with Crippen molar-refractivity contribution in [3.05, 3.63) is 0 Å². The molecule has 0 heterocycles. The number of amidine groups is 1. The van der Waals surface area contributed by atoms with Gasteiger partial charge in [-0.3, -0.25) is 0 Å². The SMILES string of the molecule is CC1(CNCCCC(N)=NO)CCCC1. The summed E-state index contributed by atoms with van der Waals surface area (Å²) in [6, 6.07) is 0. The summed E-state index contributed by atoms with van der Waals surface area (Å²) < 4.78 is 0. The quantitative estimate of drug-likeness (QED) is 0.207. The van der Waals surface area contributed by atoms with Gasteiger partial charge >= 0.3 is 0 Å². The second kappa shape index (κ2) is 5.95. The smallest absolute Gasteiger partial charge is 0.139 e. The first-order valence-electron chi connectivity index (χ1n) is 5.83. The van der Waals surface area contributed by atoms with E-state index in [0.29, 0.717) is 17.7 Å². The van der Waals surface area contributed by atoms with Crippen LogP contribution in [0.1, 0.15) is 45.4 Å². The first-order chi connectivity index (χ1) is 7.16. The van der Waals surface area contributed by atoms with E-state index in [0.717, 1.165) is 19.5 Å². The van der Waals surface area contributed by atoms with E-state index in [1.54, 1.807) is 0 Å². The van der Waals surface area contributed by atoms with Gasteiger partial charge in [0, 0.05) is 13.0 Å². The van der Waals surface area contributed by atoms with Crippen LogP contribution in [-0.2, 0) is 0 Å². The fraction of sp³-hybridized carbons (Fsp3) is 0.909. The van der Waals surface area contributed by atoms with E-state index in [1.807, 2.05) is 0 Å². The third kappa shape index (κ3) is 4.51. The highest BCUT2D eigenvalue weighted by molar-refractivity contribution is 5.79. The van der Waals surface area contributed by atoms with Crippen LogP contribution in [0, 0.1) is 5.41 Å². The van der Waals surface area contributed by atoms with Crippen molar-refractivity contribution in [1.29, 1.82) is 0 Å². The number of nitrogens with zero attached hydrogens (tertiary/aromatic N) is 1. The first-order valence-corrected chi connectivity index (χ1v) is 5.83. The maximum atomic E-state index is 8.35. The normalized spacial score (nSPS) is 20.7. The molecular formula is C11H23N3O. The molecule has 15 heavy (non-hydrogen) atoms. The molecule has 0 bridgehead atoms. The lowest BCUT2D eigenvalue weighted by Gasteiger charge is -2.23. The summed E-state index contributed by atoms with van der Waals surface area (Å²) in [5.74, 6) is 0.323. The topological polar surface area (TPSA) is 70.6 Å². The highest BCUT2D eigenvalue weighted by Gasteiger charge is 2.27. The average Bonchev–Trinajstić information content (AvgIpc) is 2.64. The molecule has 1 rings (SSSR count). The fourth-order valence-corrected chi connectivity index (χ4v) is 2.24. The Hall–Kier alpha value is -0.770. The van der Waals surface area contributed by atoms with Crippen molar-refractivity contribution in [3.8, 4) is 0 Å². The first kappa shape index (κ1) is 12.3. The Morgan fingerprint density at radius 3 is 2.73 bits per heavy atom. The molecule has 1 aliphatic rings. The fourth-order valence-electron chi connectivity index (χ4n) is 2.24. The van der Waals surface area contributed by atoms with Crippen molar-refractivity contribution < 1.29 is 5.21 Å². The molecule has 1 fully saturated rings. The van der Waals surface area contributed by atoms with E-state index in [-0.39, 0.29) is 0 Å². The number of hydrogen-bond donors (Lipinski definition) is 3. The third-order valence-corrected chi connectivity index (χ3v) is 3.28.